The van der Waals surface area contributed by atoms with Gasteiger partial charge in [0.25, 0.3) is 0 Å². The van der Waals surface area contributed by atoms with Crippen LogP contribution in [-0.2, 0) is 43.3 Å². The van der Waals surface area contributed by atoms with E-state index in [9.17, 15) is 0 Å². The first-order chi connectivity index (χ1) is 33.1. The first-order valence-corrected chi connectivity index (χ1v) is 29.0. The van der Waals surface area contributed by atoms with E-state index in [0.717, 1.165) is 71.7 Å². The van der Waals surface area contributed by atoms with Crippen LogP contribution < -0.4 is 9.61 Å². The summed E-state index contributed by atoms with van der Waals surface area (Å²) in [5.74, 6) is 0. The maximum absolute atomic E-state index is 7.49. The SMILES string of the molecule is C[C@H](Np1oc2c(C(C)(C)C)cc(C(C)(C)C)cc2c2cc(C(C)(C)C)cc(C(C)(C)C)c2o1)[C@H](Op1oc2c(C(C)(C)C)cc(C(C)(C)C)cc2c2cc(C(C)(C)C)cc(C(C)(C)C)c2o1)c1ccccc1. The molecule has 2 atom stereocenters. The van der Waals surface area contributed by atoms with Gasteiger partial charge in [-0.3, -0.25) is 4.52 Å². The van der Waals surface area contributed by atoms with Gasteiger partial charge < -0.3 is 16.8 Å². The molecule has 0 unspecified atom stereocenters. The molecule has 2 heterocycles. The van der Waals surface area contributed by atoms with E-state index in [1.807, 2.05) is 0 Å². The quantitative estimate of drug-likeness (QED) is 0.179. The highest BCUT2D eigenvalue weighted by Crippen LogP contribution is 2.49. The van der Waals surface area contributed by atoms with Gasteiger partial charge in [0.15, 0.2) is 0 Å². The Morgan fingerprint density at radius 1 is 0.370 bits per heavy atom. The molecule has 73 heavy (non-hydrogen) atoms. The molecule has 1 N–H and O–H groups in total. The van der Waals surface area contributed by atoms with Crippen molar-refractivity contribution in [1.29, 1.82) is 0 Å². The summed E-state index contributed by atoms with van der Waals surface area (Å²) in [4.78, 5) is 0. The van der Waals surface area contributed by atoms with Gasteiger partial charge in [-0.25, -0.2) is 5.09 Å². The van der Waals surface area contributed by atoms with Gasteiger partial charge in [0.1, 0.15) is 28.4 Å². The van der Waals surface area contributed by atoms with Crippen LogP contribution in [0.1, 0.15) is 229 Å². The molecule has 7 aromatic rings. The predicted octanol–water partition coefficient (Wildman–Crippen LogP) is 21.1. The Kier molecular flexibility index (Phi) is 14.8. The second-order valence-corrected chi connectivity index (χ2v) is 31.5. The zero-order valence-corrected chi connectivity index (χ0v) is 51.4. The largest absolute Gasteiger partial charge is 0.408 e. The summed E-state index contributed by atoms with van der Waals surface area (Å²) >= 11 is 0. The van der Waals surface area contributed by atoms with Gasteiger partial charge in [0, 0.05) is 49.8 Å². The van der Waals surface area contributed by atoms with Crippen LogP contribution in [0.5, 0.6) is 0 Å². The Morgan fingerprint density at radius 3 is 0.904 bits per heavy atom. The highest BCUT2D eigenvalue weighted by Gasteiger charge is 2.33. The Morgan fingerprint density at radius 2 is 0.644 bits per heavy atom. The van der Waals surface area contributed by atoms with Crippen LogP contribution in [0, 0.1) is 0 Å². The van der Waals surface area contributed by atoms with Gasteiger partial charge in [0.05, 0.1) is 0 Å². The molecule has 0 aliphatic rings. The Bertz CT molecular complexity index is 3070. The van der Waals surface area contributed by atoms with Crippen LogP contribution in [0.3, 0.4) is 0 Å². The van der Waals surface area contributed by atoms with Crippen molar-refractivity contribution in [2.45, 2.75) is 229 Å². The molecule has 0 fully saturated rings. The van der Waals surface area contributed by atoms with E-state index in [0.29, 0.717) is 0 Å². The van der Waals surface area contributed by atoms with E-state index < -0.39 is 22.5 Å². The molecule has 2 aromatic heterocycles. The summed E-state index contributed by atoms with van der Waals surface area (Å²) in [5, 5.41) is 8.14. The highest BCUT2D eigenvalue weighted by molar-refractivity contribution is 7.38. The molecule has 0 saturated carbocycles. The van der Waals surface area contributed by atoms with E-state index in [4.69, 9.17) is 21.3 Å². The Hall–Kier alpha value is -4.18. The third-order valence-corrected chi connectivity index (χ3v) is 16.8. The first-order valence-electron chi connectivity index (χ1n) is 26.7. The lowest BCUT2D eigenvalue weighted by Crippen LogP contribution is -2.26. The van der Waals surface area contributed by atoms with E-state index in [-0.39, 0.29) is 49.4 Å². The zero-order valence-electron chi connectivity index (χ0n) is 49.6. The standard InChI is InChI=1S/C65H91NO5P2/c1-39(66-72-67-54-45(31-41(58(2,3)4)35-49(54)62(14,15)16)46-32-42(59(5,6)7)36-50(55(46)68-72)63(17,18)19)53(40-29-27-26-28-30-40)69-73-70-56-47(33-43(60(8,9)10)37-51(56)64(20,21)22)48-34-44(61(11,12)13)38-52(57(48)71-73)65(23,24)25/h26-39,53,66H,1-25H3/t39-,53-/m0/s1. The number of benzene rings is 5. The molecule has 0 radical (unpaired) electrons. The second-order valence-electron chi connectivity index (χ2n) is 29.3. The van der Waals surface area contributed by atoms with Gasteiger partial charge in [-0.15, -0.1) is 0 Å². The predicted molar refractivity (Wildman–Crippen MR) is 317 cm³/mol. The van der Waals surface area contributed by atoms with Crippen molar-refractivity contribution in [1.82, 2.24) is 0 Å². The fraction of sp³-hybridized carbons (Fsp3) is 0.538. The number of hydrogen-bond acceptors (Lipinski definition) is 6. The van der Waals surface area contributed by atoms with E-state index in [1.54, 1.807) is 0 Å². The van der Waals surface area contributed by atoms with Crippen molar-refractivity contribution in [3.8, 4) is 0 Å². The maximum atomic E-state index is 7.49. The van der Waals surface area contributed by atoms with Crippen molar-refractivity contribution in [2.24, 2.45) is 0 Å². The lowest BCUT2D eigenvalue weighted by atomic mass is 9.77. The van der Waals surface area contributed by atoms with Crippen LogP contribution in [0.15, 0.2) is 95.6 Å². The van der Waals surface area contributed by atoms with Crippen LogP contribution >= 0.6 is 16.4 Å². The normalized spacial score (nSPS) is 14.6. The molecule has 0 aliphatic heterocycles. The molecule has 0 bridgehead atoms. The minimum absolute atomic E-state index is 0.107. The topological polar surface area (TPSA) is 73.8 Å². The average molecular weight is 1030 g/mol. The van der Waals surface area contributed by atoms with Crippen LogP contribution in [0.4, 0.5) is 0 Å². The summed E-state index contributed by atoms with van der Waals surface area (Å²) in [6.45, 7) is 57.0. The Balaban J connectivity index is 1.57. The molecular formula is C65H91NO5P2. The third kappa shape index (κ3) is 12.1. The van der Waals surface area contributed by atoms with Crippen LogP contribution in [0.2, 0.25) is 0 Å². The van der Waals surface area contributed by atoms with Crippen molar-refractivity contribution in [3.05, 3.63) is 129 Å². The van der Waals surface area contributed by atoms with Crippen molar-refractivity contribution < 1.29 is 21.3 Å². The fourth-order valence-electron chi connectivity index (χ4n) is 9.53. The van der Waals surface area contributed by atoms with E-state index >= 15 is 0 Å². The monoisotopic (exact) mass is 1030 g/mol. The summed E-state index contributed by atoms with van der Waals surface area (Å²) in [6, 6.07) is 28.9. The number of hydrogen-bond donors (Lipinski definition) is 1. The molecule has 0 saturated heterocycles. The minimum atomic E-state index is -2.07. The molecule has 0 aliphatic carbocycles. The molecule has 8 heteroatoms. The lowest BCUT2D eigenvalue weighted by Gasteiger charge is -2.27. The minimum Gasteiger partial charge on any atom is -0.408 e. The molecule has 0 amide bonds. The summed E-state index contributed by atoms with van der Waals surface area (Å²) in [5.41, 5.74) is 12.4. The third-order valence-electron chi connectivity index (χ3n) is 14.4. The fourth-order valence-corrected chi connectivity index (χ4v) is 12.2. The van der Waals surface area contributed by atoms with Gasteiger partial charge in [-0.1, -0.05) is 221 Å². The maximum Gasteiger partial charge on any atom is 0.388 e. The summed E-state index contributed by atoms with van der Waals surface area (Å²) < 4.78 is 37.1. The second kappa shape index (κ2) is 19.1. The van der Waals surface area contributed by atoms with Crippen molar-refractivity contribution in [3.63, 3.8) is 0 Å². The Labute approximate surface area is 442 Å². The summed E-state index contributed by atoms with van der Waals surface area (Å²) in [6.07, 6.45) is -0.552. The molecular weight excluding hydrogens is 937 g/mol. The van der Waals surface area contributed by atoms with Crippen molar-refractivity contribution >= 4 is 60.3 Å². The number of fused-ring (bicyclic) bond motifs is 6. The van der Waals surface area contributed by atoms with Gasteiger partial charge in [-0.05, 0) is 102 Å². The number of nitrogens with one attached hydrogen (secondary N) is 1. The molecule has 5 aromatic carbocycles. The van der Waals surface area contributed by atoms with E-state index in [2.05, 4.69) is 257 Å². The van der Waals surface area contributed by atoms with Crippen LogP contribution in [-0.4, -0.2) is 6.04 Å². The zero-order chi connectivity index (χ0) is 54.6. The summed E-state index contributed by atoms with van der Waals surface area (Å²) in [7, 11) is -3.89. The lowest BCUT2D eigenvalue weighted by molar-refractivity contribution is 0.242. The van der Waals surface area contributed by atoms with Gasteiger partial charge in [-0.2, -0.15) is 0 Å². The molecule has 7 rings (SSSR count). The first kappa shape index (κ1) is 56.5. The van der Waals surface area contributed by atoms with Crippen molar-refractivity contribution in [2.75, 3.05) is 5.09 Å². The molecule has 6 nitrogen and oxygen atoms in total. The molecule has 0 spiro atoms. The van der Waals surface area contributed by atoms with Crippen LogP contribution in [0.25, 0.3) is 43.9 Å². The smallest absolute Gasteiger partial charge is 0.388 e. The van der Waals surface area contributed by atoms with E-state index in [1.165, 1.54) is 22.3 Å². The van der Waals surface area contributed by atoms with Gasteiger partial charge >= 0.3 is 16.4 Å². The van der Waals surface area contributed by atoms with Gasteiger partial charge in [0.2, 0.25) is 0 Å². The number of rotatable bonds is 6. The molecule has 396 valence electrons. The average Bonchev–Trinajstić information content (AvgIpc) is 3.48. The highest BCUT2D eigenvalue weighted by atomic mass is 31.1.